The van der Waals surface area contributed by atoms with Crippen LogP contribution in [0, 0.1) is 11.3 Å². The standard InChI is InChI=1S/C8H7N3O2/c1-2-13-8(12)7-6(5-9)10-3-4-11-7/h3-4H,2H2,1H3. The van der Waals surface area contributed by atoms with Crippen molar-refractivity contribution in [2.24, 2.45) is 0 Å². The largest absolute Gasteiger partial charge is 0.461 e. The van der Waals surface area contributed by atoms with Crippen LogP contribution < -0.4 is 0 Å². The van der Waals surface area contributed by atoms with Gasteiger partial charge >= 0.3 is 5.97 Å². The minimum absolute atomic E-state index is 0.0130. The zero-order valence-electron chi connectivity index (χ0n) is 7.02. The van der Waals surface area contributed by atoms with Crippen LogP contribution in [0.3, 0.4) is 0 Å². The summed E-state index contributed by atoms with van der Waals surface area (Å²) in [6.45, 7) is 1.93. The molecule has 1 aromatic heterocycles. The molecule has 66 valence electrons. The number of hydrogen-bond donors (Lipinski definition) is 0. The molecule has 5 heteroatoms. The number of carbonyl (C=O) groups excluding carboxylic acids is 1. The van der Waals surface area contributed by atoms with Crippen molar-refractivity contribution in [2.45, 2.75) is 6.92 Å². The molecule has 0 spiro atoms. The number of hydrogen-bond acceptors (Lipinski definition) is 5. The van der Waals surface area contributed by atoms with E-state index >= 15 is 0 Å². The Bertz CT molecular complexity index is 357. The normalized spacial score (nSPS) is 8.92. The van der Waals surface area contributed by atoms with Gasteiger partial charge in [-0.3, -0.25) is 0 Å². The number of esters is 1. The van der Waals surface area contributed by atoms with Crippen molar-refractivity contribution in [3.8, 4) is 6.07 Å². The molecule has 0 radical (unpaired) electrons. The predicted octanol–water partition coefficient (Wildman–Crippen LogP) is 0.525. The van der Waals surface area contributed by atoms with Gasteiger partial charge in [0.25, 0.3) is 0 Å². The van der Waals surface area contributed by atoms with Crippen molar-refractivity contribution in [3.63, 3.8) is 0 Å². The first-order valence-electron chi connectivity index (χ1n) is 3.67. The van der Waals surface area contributed by atoms with E-state index in [-0.39, 0.29) is 18.0 Å². The number of nitriles is 1. The van der Waals surface area contributed by atoms with Gasteiger partial charge < -0.3 is 4.74 Å². The van der Waals surface area contributed by atoms with Crippen LogP contribution in [0.5, 0.6) is 0 Å². The van der Waals surface area contributed by atoms with Crippen LogP contribution in [-0.2, 0) is 4.74 Å². The summed E-state index contributed by atoms with van der Waals surface area (Å²) in [6.07, 6.45) is 2.69. The first-order valence-corrected chi connectivity index (χ1v) is 3.67. The molecule has 0 unspecified atom stereocenters. The lowest BCUT2D eigenvalue weighted by atomic mass is 10.3. The van der Waals surface area contributed by atoms with Crippen LogP contribution in [0.2, 0.25) is 0 Å². The highest BCUT2D eigenvalue weighted by Crippen LogP contribution is 2.01. The lowest BCUT2D eigenvalue weighted by molar-refractivity contribution is 0.0518. The molecule has 0 amide bonds. The van der Waals surface area contributed by atoms with Crippen LogP contribution in [0.15, 0.2) is 12.4 Å². The van der Waals surface area contributed by atoms with E-state index in [2.05, 4.69) is 14.7 Å². The molecule has 0 saturated heterocycles. The molecule has 0 aliphatic carbocycles. The minimum atomic E-state index is -0.618. The Morgan fingerprint density at radius 1 is 1.62 bits per heavy atom. The second kappa shape index (κ2) is 4.16. The summed E-state index contributed by atoms with van der Waals surface area (Å²) in [5, 5.41) is 8.58. The number of rotatable bonds is 2. The van der Waals surface area contributed by atoms with Gasteiger partial charge in [-0.1, -0.05) is 0 Å². The summed E-state index contributed by atoms with van der Waals surface area (Å²) < 4.78 is 4.68. The molecule has 5 nitrogen and oxygen atoms in total. The molecule has 0 N–H and O–H groups in total. The van der Waals surface area contributed by atoms with Gasteiger partial charge in [-0.2, -0.15) is 5.26 Å². The minimum Gasteiger partial charge on any atom is -0.461 e. The second-order valence-electron chi connectivity index (χ2n) is 2.09. The van der Waals surface area contributed by atoms with Gasteiger partial charge in [0.2, 0.25) is 0 Å². The lowest BCUT2D eigenvalue weighted by Gasteiger charge is -2.00. The van der Waals surface area contributed by atoms with E-state index in [0.717, 1.165) is 0 Å². The Morgan fingerprint density at radius 2 is 2.31 bits per heavy atom. The Kier molecular flexibility index (Phi) is 2.92. The molecule has 0 saturated carbocycles. The molecule has 13 heavy (non-hydrogen) atoms. The van der Waals surface area contributed by atoms with Gasteiger partial charge in [0, 0.05) is 12.4 Å². The van der Waals surface area contributed by atoms with Crippen LogP contribution in [-0.4, -0.2) is 22.5 Å². The molecular weight excluding hydrogens is 170 g/mol. The molecular formula is C8H7N3O2. The van der Waals surface area contributed by atoms with E-state index in [9.17, 15) is 4.79 Å². The third-order valence-electron chi connectivity index (χ3n) is 1.27. The maximum Gasteiger partial charge on any atom is 0.359 e. The molecule has 0 aliphatic heterocycles. The van der Waals surface area contributed by atoms with Crippen LogP contribution >= 0.6 is 0 Å². The molecule has 0 atom stereocenters. The van der Waals surface area contributed by atoms with E-state index < -0.39 is 5.97 Å². The fourth-order valence-corrected chi connectivity index (χ4v) is 0.769. The van der Waals surface area contributed by atoms with Crippen molar-refractivity contribution in [1.29, 1.82) is 5.26 Å². The number of carbonyl (C=O) groups is 1. The fraction of sp³-hybridized carbons (Fsp3) is 0.250. The van der Waals surface area contributed by atoms with Gasteiger partial charge in [0.05, 0.1) is 6.61 Å². The van der Waals surface area contributed by atoms with Gasteiger partial charge in [-0.25, -0.2) is 14.8 Å². The zero-order valence-corrected chi connectivity index (χ0v) is 7.02. The summed E-state index contributed by atoms with van der Waals surface area (Å²) >= 11 is 0. The predicted molar refractivity (Wildman–Crippen MR) is 42.7 cm³/mol. The Morgan fingerprint density at radius 3 is 2.92 bits per heavy atom. The highest BCUT2D eigenvalue weighted by molar-refractivity contribution is 5.89. The maximum atomic E-state index is 11.1. The van der Waals surface area contributed by atoms with E-state index in [0.29, 0.717) is 0 Å². The summed E-state index contributed by atoms with van der Waals surface area (Å²) in [4.78, 5) is 18.5. The molecule has 0 aromatic carbocycles. The van der Waals surface area contributed by atoms with E-state index in [1.807, 2.05) is 0 Å². The number of ether oxygens (including phenoxy) is 1. The molecule has 1 aromatic rings. The fourth-order valence-electron chi connectivity index (χ4n) is 0.769. The van der Waals surface area contributed by atoms with Crippen molar-refractivity contribution in [2.75, 3.05) is 6.61 Å². The van der Waals surface area contributed by atoms with Crippen molar-refractivity contribution in [1.82, 2.24) is 9.97 Å². The molecule has 1 rings (SSSR count). The van der Waals surface area contributed by atoms with Gasteiger partial charge in [-0.05, 0) is 6.92 Å². The first-order chi connectivity index (χ1) is 6.29. The van der Waals surface area contributed by atoms with Gasteiger partial charge in [-0.15, -0.1) is 0 Å². The van der Waals surface area contributed by atoms with Crippen molar-refractivity contribution >= 4 is 5.97 Å². The maximum absolute atomic E-state index is 11.1. The summed E-state index contributed by atoms with van der Waals surface area (Å²) in [5.41, 5.74) is -0.0483. The topological polar surface area (TPSA) is 75.9 Å². The monoisotopic (exact) mass is 177 g/mol. The smallest absolute Gasteiger partial charge is 0.359 e. The molecule has 0 aliphatic rings. The SMILES string of the molecule is CCOC(=O)c1nccnc1C#N. The van der Waals surface area contributed by atoms with Crippen LogP contribution in [0.1, 0.15) is 23.1 Å². The highest BCUT2D eigenvalue weighted by atomic mass is 16.5. The summed E-state index contributed by atoms with van der Waals surface area (Å²) in [7, 11) is 0. The Hall–Kier alpha value is -1.96. The van der Waals surface area contributed by atoms with E-state index in [1.165, 1.54) is 12.4 Å². The number of aromatic nitrogens is 2. The third kappa shape index (κ3) is 1.99. The second-order valence-corrected chi connectivity index (χ2v) is 2.09. The Labute approximate surface area is 75.0 Å². The Balaban J connectivity index is 3.01. The average molecular weight is 177 g/mol. The first kappa shape index (κ1) is 9.13. The molecule has 1 heterocycles. The third-order valence-corrected chi connectivity index (χ3v) is 1.27. The average Bonchev–Trinajstić information content (AvgIpc) is 2.18. The van der Waals surface area contributed by atoms with E-state index in [1.54, 1.807) is 13.0 Å². The van der Waals surface area contributed by atoms with Gasteiger partial charge in [0.15, 0.2) is 11.4 Å². The number of nitrogens with zero attached hydrogens (tertiary/aromatic N) is 3. The quantitative estimate of drug-likeness (QED) is 0.615. The highest BCUT2D eigenvalue weighted by Gasteiger charge is 2.14. The van der Waals surface area contributed by atoms with Crippen LogP contribution in [0.4, 0.5) is 0 Å². The van der Waals surface area contributed by atoms with Crippen molar-refractivity contribution < 1.29 is 9.53 Å². The zero-order chi connectivity index (χ0) is 9.68. The molecule has 0 fully saturated rings. The molecule has 0 bridgehead atoms. The lowest BCUT2D eigenvalue weighted by Crippen LogP contribution is -2.10. The summed E-state index contributed by atoms with van der Waals surface area (Å²) in [5.74, 6) is -0.618. The van der Waals surface area contributed by atoms with Crippen molar-refractivity contribution in [3.05, 3.63) is 23.8 Å². The van der Waals surface area contributed by atoms with Crippen LogP contribution in [0.25, 0.3) is 0 Å². The summed E-state index contributed by atoms with van der Waals surface area (Å²) in [6, 6.07) is 1.76. The van der Waals surface area contributed by atoms with Gasteiger partial charge in [0.1, 0.15) is 6.07 Å². The van der Waals surface area contributed by atoms with E-state index in [4.69, 9.17) is 5.26 Å².